The lowest BCUT2D eigenvalue weighted by atomic mass is 10.1. The minimum absolute atomic E-state index is 0.0269. The summed E-state index contributed by atoms with van der Waals surface area (Å²) >= 11 is 4.97. The molecule has 1 aliphatic rings. The molecule has 2 rings (SSSR count). The van der Waals surface area contributed by atoms with E-state index < -0.39 is 17.9 Å². The Bertz CT molecular complexity index is 459. The Labute approximate surface area is 115 Å². The maximum Gasteiger partial charge on any atom is 0.429 e. The van der Waals surface area contributed by atoms with Crippen molar-refractivity contribution in [3.8, 4) is 11.8 Å². The molecule has 19 heavy (non-hydrogen) atoms. The molecule has 6 nitrogen and oxygen atoms in total. The first-order valence-electron chi connectivity index (χ1n) is 6.04. The summed E-state index contributed by atoms with van der Waals surface area (Å²) in [6.45, 7) is 0.695. The van der Waals surface area contributed by atoms with E-state index in [0.717, 1.165) is 19.3 Å². The first-order chi connectivity index (χ1) is 9.08. The van der Waals surface area contributed by atoms with Gasteiger partial charge in [-0.25, -0.2) is 4.79 Å². The molecule has 0 amide bonds. The van der Waals surface area contributed by atoms with E-state index in [1.54, 1.807) is 0 Å². The second-order valence-electron chi connectivity index (χ2n) is 4.32. The molecule has 0 spiro atoms. The van der Waals surface area contributed by atoms with Crippen LogP contribution in [0.4, 0.5) is 4.79 Å². The zero-order valence-electron chi connectivity index (χ0n) is 10.2. The molecule has 1 aromatic heterocycles. The number of rotatable bonds is 2. The third-order valence-electron chi connectivity index (χ3n) is 2.89. The van der Waals surface area contributed by atoms with Crippen LogP contribution in [0.15, 0.2) is 12.1 Å². The van der Waals surface area contributed by atoms with Crippen LogP contribution in [0.5, 0.6) is 11.8 Å². The number of carbonyl (C=O) groups is 1. The van der Waals surface area contributed by atoms with Crippen LogP contribution in [-0.2, 0) is 9.47 Å². The molecule has 1 aliphatic heterocycles. The van der Waals surface area contributed by atoms with Gasteiger partial charge in [-0.1, -0.05) is 0 Å². The molecule has 104 valence electrons. The van der Waals surface area contributed by atoms with Crippen LogP contribution < -0.4 is 0 Å². The van der Waals surface area contributed by atoms with Crippen LogP contribution in [-0.4, -0.2) is 38.6 Å². The van der Waals surface area contributed by atoms with Gasteiger partial charge in [0, 0.05) is 25.2 Å². The summed E-state index contributed by atoms with van der Waals surface area (Å²) in [7, 11) is 0. The monoisotopic (exact) mass is 285 g/mol. The highest BCUT2D eigenvalue weighted by atomic mass is 32.1. The summed E-state index contributed by atoms with van der Waals surface area (Å²) in [5, 5.41) is 18.8. The van der Waals surface area contributed by atoms with Gasteiger partial charge in [0.1, 0.15) is 0 Å². The highest BCUT2D eigenvalue weighted by Gasteiger charge is 2.21. The molecule has 1 saturated heterocycles. The second kappa shape index (κ2) is 6.03. The van der Waals surface area contributed by atoms with Gasteiger partial charge >= 0.3 is 6.09 Å². The molecular formula is C12H15NO5S. The van der Waals surface area contributed by atoms with Crippen LogP contribution in [0.25, 0.3) is 0 Å². The molecular weight excluding hydrogens is 270 g/mol. The summed E-state index contributed by atoms with van der Waals surface area (Å²) in [4.78, 5) is 11.7. The molecule has 0 aliphatic carbocycles. The van der Waals surface area contributed by atoms with E-state index in [9.17, 15) is 15.0 Å². The molecule has 0 radical (unpaired) electrons. The van der Waals surface area contributed by atoms with Gasteiger partial charge in [-0.15, -0.1) is 0 Å². The summed E-state index contributed by atoms with van der Waals surface area (Å²) < 4.78 is 11.0. The number of hydrogen-bond acceptors (Lipinski definition) is 6. The number of aromatic hydroxyl groups is 2. The number of carbonyl (C=O) groups excluding carboxylic acids is 1. The quantitative estimate of drug-likeness (QED) is 0.811. The predicted octanol–water partition coefficient (Wildman–Crippen LogP) is 2.17. The van der Waals surface area contributed by atoms with Crippen molar-refractivity contribution in [2.75, 3.05) is 6.61 Å². The molecule has 0 aromatic carbocycles. The Morgan fingerprint density at radius 3 is 2.68 bits per heavy atom. The highest BCUT2D eigenvalue weighted by Crippen LogP contribution is 2.22. The molecule has 1 aromatic rings. The SMILES string of the molecule is O=C(OC(=S)CC1CCCCO1)n1c(O)ccc1O. The maximum atomic E-state index is 11.7. The van der Waals surface area contributed by atoms with E-state index in [1.807, 2.05) is 0 Å². The Morgan fingerprint density at radius 2 is 2.11 bits per heavy atom. The Balaban J connectivity index is 1.90. The topological polar surface area (TPSA) is 80.9 Å². The minimum Gasteiger partial charge on any atom is -0.494 e. The first kappa shape index (κ1) is 13.8. The average molecular weight is 285 g/mol. The van der Waals surface area contributed by atoms with E-state index in [2.05, 4.69) is 0 Å². The van der Waals surface area contributed by atoms with Crippen molar-refractivity contribution in [1.82, 2.24) is 4.57 Å². The van der Waals surface area contributed by atoms with Crippen LogP contribution in [0.1, 0.15) is 25.7 Å². The maximum absolute atomic E-state index is 11.7. The fraction of sp³-hybridized carbons (Fsp3) is 0.500. The van der Waals surface area contributed by atoms with Gasteiger partial charge in [0.2, 0.25) is 11.8 Å². The van der Waals surface area contributed by atoms with Crippen molar-refractivity contribution in [3.05, 3.63) is 12.1 Å². The summed E-state index contributed by atoms with van der Waals surface area (Å²) in [5.41, 5.74) is 0. The molecule has 0 saturated carbocycles. The molecule has 1 fully saturated rings. The van der Waals surface area contributed by atoms with E-state index in [1.165, 1.54) is 12.1 Å². The van der Waals surface area contributed by atoms with Crippen molar-refractivity contribution in [1.29, 1.82) is 0 Å². The van der Waals surface area contributed by atoms with Crippen molar-refractivity contribution < 1.29 is 24.5 Å². The third kappa shape index (κ3) is 3.45. The van der Waals surface area contributed by atoms with Crippen LogP contribution in [0.2, 0.25) is 0 Å². The van der Waals surface area contributed by atoms with Crippen molar-refractivity contribution in [3.63, 3.8) is 0 Å². The predicted molar refractivity (Wildman–Crippen MR) is 70.4 cm³/mol. The first-order valence-corrected chi connectivity index (χ1v) is 6.45. The molecule has 1 atom stereocenters. The van der Waals surface area contributed by atoms with Gasteiger partial charge < -0.3 is 19.7 Å². The number of ether oxygens (including phenoxy) is 2. The highest BCUT2D eigenvalue weighted by molar-refractivity contribution is 7.80. The van der Waals surface area contributed by atoms with E-state index in [-0.39, 0.29) is 11.2 Å². The van der Waals surface area contributed by atoms with Crippen molar-refractivity contribution in [2.45, 2.75) is 31.8 Å². The third-order valence-corrected chi connectivity index (χ3v) is 3.14. The Kier molecular flexibility index (Phi) is 4.39. The summed E-state index contributed by atoms with van der Waals surface area (Å²) in [6, 6.07) is 2.37. The zero-order valence-corrected chi connectivity index (χ0v) is 11.1. The number of hydrogen-bond donors (Lipinski definition) is 2. The molecule has 7 heteroatoms. The van der Waals surface area contributed by atoms with Crippen LogP contribution in [0, 0.1) is 0 Å². The van der Waals surface area contributed by atoms with Crippen molar-refractivity contribution in [2.24, 2.45) is 0 Å². The second-order valence-corrected chi connectivity index (χ2v) is 4.77. The summed E-state index contributed by atoms with van der Waals surface area (Å²) in [5.74, 6) is -0.807. The lowest BCUT2D eigenvalue weighted by Gasteiger charge is -2.22. The minimum atomic E-state index is -0.930. The molecule has 1 unspecified atom stereocenters. The van der Waals surface area contributed by atoms with Gasteiger partial charge in [0.15, 0.2) is 5.05 Å². The lowest BCUT2D eigenvalue weighted by Crippen LogP contribution is -2.25. The fourth-order valence-electron chi connectivity index (χ4n) is 1.94. The zero-order chi connectivity index (χ0) is 13.8. The Hall–Kier alpha value is -1.60. The molecule has 2 heterocycles. The van der Waals surface area contributed by atoms with Crippen LogP contribution >= 0.6 is 12.2 Å². The molecule has 0 bridgehead atoms. The van der Waals surface area contributed by atoms with Crippen molar-refractivity contribution >= 4 is 23.4 Å². The molecule has 2 N–H and O–H groups in total. The van der Waals surface area contributed by atoms with Gasteiger partial charge in [0.05, 0.1) is 6.10 Å². The van der Waals surface area contributed by atoms with E-state index in [4.69, 9.17) is 21.7 Å². The number of aromatic nitrogens is 1. The van der Waals surface area contributed by atoms with Crippen LogP contribution in [0.3, 0.4) is 0 Å². The van der Waals surface area contributed by atoms with E-state index in [0.29, 0.717) is 17.6 Å². The van der Waals surface area contributed by atoms with Gasteiger partial charge in [-0.05, 0) is 31.5 Å². The Morgan fingerprint density at radius 1 is 1.42 bits per heavy atom. The smallest absolute Gasteiger partial charge is 0.429 e. The normalized spacial score (nSPS) is 19.1. The number of thiocarbonyl (C=S) groups is 1. The standard InChI is InChI=1S/C12H15NO5S/c14-9-4-5-10(15)13(9)12(16)18-11(19)7-8-3-1-2-6-17-8/h4-5,8,14-15H,1-3,6-7H2. The van der Waals surface area contributed by atoms with Gasteiger partial charge in [0.25, 0.3) is 0 Å². The largest absolute Gasteiger partial charge is 0.494 e. The van der Waals surface area contributed by atoms with Gasteiger partial charge in [-0.3, -0.25) is 0 Å². The van der Waals surface area contributed by atoms with E-state index >= 15 is 0 Å². The summed E-state index contributed by atoms with van der Waals surface area (Å²) in [6.07, 6.45) is 2.39. The van der Waals surface area contributed by atoms with Gasteiger partial charge in [-0.2, -0.15) is 4.57 Å². The average Bonchev–Trinajstić information content (AvgIpc) is 2.70. The fourth-order valence-corrected chi connectivity index (χ4v) is 2.20. The lowest BCUT2D eigenvalue weighted by molar-refractivity contribution is 0.0192. The number of nitrogens with zero attached hydrogens (tertiary/aromatic N) is 1.